The first-order chi connectivity index (χ1) is 18.3. The number of carbonyl (C=O) groups is 1. The van der Waals surface area contributed by atoms with Gasteiger partial charge < -0.3 is 25.2 Å². The molecule has 0 saturated carbocycles. The summed E-state index contributed by atoms with van der Waals surface area (Å²) in [7, 11) is 3.95. The molecule has 1 aliphatic heterocycles. The molecule has 0 spiro atoms. The van der Waals surface area contributed by atoms with Gasteiger partial charge in [0.25, 0.3) is 0 Å². The number of hydrogen-bond acceptors (Lipinski definition) is 6. The highest BCUT2D eigenvalue weighted by Crippen LogP contribution is 2.44. The smallest absolute Gasteiger partial charge is 0.194 e. The lowest BCUT2D eigenvalue weighted by Gasteiger charge is -2.27. The number of rotatable bonds is 10. The van der Waals surface area contributed by atoms with Gasteiger partial charge in [-0.1, -0.05) is 24.3 Å². The fraction of sp³-hybridized carbons (Fsp3) is 0.387. The number of benzene rings is 3. The van der Waals surface area contributed by atoms with Crippen LogP contribution in [0.25, 0.3) is 11.1 Å². The summed E-state index contributed by atoms with van der Waals surface area (Å²) in [6.07, 6.45) is 2.22. The fourth-order valence-corrected chi connectivity index (χ4v) is 4.98. The van der Waals surface area contributed by atoms with Gasteiger partial charge in [0.2, 0.25) is 0 Å². The van der Waals surface area contributed by atoms with E-state index < -0.39 is 5.82 Å². The van der Waals surface area contributed by atoms with Gasteiger partial charge in [-0.2, -0.15) is 0 Å². The zero-order valence-electron chi connectivity index (χ0n) is 22.3. The first-order valence-electron chi connectivity index (χ1n) is 13.1. The molecule has 38 heavy (non-hydrogen) atoms. The van der Waals surface area contributed by atoms with E-state index >= 15 is 0 Å². The first-order valence-corrected chi connectivity index (χ1v) is 13.1. The van der Waals surface area contributed by atoms with Crippen molar-refractivity contribution in [2.45, 2.75) is 32.1 Å². The molecular formula is C31H36FN2O4. The van der Waals surface area contributed by atoms with Crippen LogP contribution in [0.4, 0.5) is 4.39 Å². The molecule has 1 heterocycles. The lowest BCUT2D eigenvalue weighted by atomic mass is 9.81. The van der Waals surface area contributed by atoms with E-state index in [1.165, 1.54) is 18.2 Å². The normalized spacial score (nSPS) is 15.7. The summed E-state index contributed by atoms with van der Waals surface area (Å²) in [6.45, 7) is 4.91. The van der Waals surface area contributed by atoms with Gasteiger partial charge in [0, 0.05) is 41.3 Å². The minimum atomic E-state index is -0.417. The van der Waals surface area contributed by atoms with Crippen LogP contribution < -0.4 is 5.32 Å². The molecule has 0 aromatic heterocycles. The molecule has 4 rings (SSSR count). The molecule has 1 aliphatic rings. The van der Waals surface area contributed by atoms with Crippen LogP contribution in [-0.2, 0) is 11.2 Å². The fourth-order valence-electron chi connectivity index (χ4n) is 4.98. The van der Waals surface area contributed by atoms with Crippen LogP contribution in [0, 0.1) is 18.8 Å². The third-order valence-electron chi connectivity index (χ3n) is 7.09. The SMILES string of the molecule is Cc1c(F)cccc1-c1c(O)c([C@H]2CCCNC2)[c]c(CCOCCN(C)C)c1C(=O)c1cccc(O)c1. The second-order valence-electron chi connectivity index (χ2n) is 10.1. The molecule has 0 unspecified atom stereocenters. The maximum absolute atomic E-state index is 14.8. The maximum Gasteiger partial charge on any atom is 0.194 e. The van der Waals surface area contributed by atoms with E-state index in [2.05, 4.69) is 11.4 Å². The Balaban J connectivity index is 1.91. The van der Waals surface area contributed by atoms with Crippen molar-refractivity contribution in [1.82, 2.24) is 10.2 Å². The number of phenols is 2. The van der Waals surface area contributed by atoms with E-state index in [0.29, 0.717) is 54.0 Å². The summed E-state index contributed by atoms with van der Waals surface area (Å²) >= 11 is 0. The minimum absolute atomic E-state index is 0.00898. The van der Waals surface area contributed by atoms with Crippen LogP contribution in [0.15, 0.2) is 42.5 Å². The Morgan fingerprint density at radius 2 is 1.97 bits per heavy atom. The number of hydrogen-bond donors (Lipinski definition) is 3. The Bertz CT molecular complexity index is 1290. The zero-order valence-corrected chi connectivity index (χ0v) is 22.3. The number of ether oxygens (including phenoxy) is 1. The van der Waals surface area contributed by atoms with Gasteiger partial charge in [-0.15, -0.1) is 0 Å². The van der Waals surface area contributed by atoms with Crippen LogP contribution in [0.1, 0.15) is 51.4 Å². The van der Waals surface area contributed by atoms with Gasteiger partial charge in [0.15, 0.2) is 5.78 Å². The molecule has 1 fully saturated rings. The highest BCUT2D eigenvalue weighted by Gasteiger charge is 2.29. The Kier molecular flexibility index (Phi) is 9.15. The van der Waals surface area contributed by atoms with Crippen LogP contribution >= 0.6 is 0 Å². The van der Waals surface area contributed by atoms with Crippen molar-refractivity contribution in [1.29, 1.82) is 0 Å². The second-order valence-corrected chi connectivity index (χ2v) is 10.1. The summed E-state index contributed by atoms with van der Waals surface area (Å²) < 4.78 is 20.6. The van der Waals surface area contributed by atoms with Crippen molar-refractivity contribution >= 4 is 5.78 Å². The number of aromatic hydroxyl groups is 2. The van der Waals surface area contributed by atoms with E-state index in [1.54, 1.807) is 31.2 Å². The molecular weight excluding hydrogens is 483 g/mol. The first kappa shape index (κ1) is 27.8. The Labute approximate surface area is 224 Å². The molecule has 1 radical (unpaired) electrons. The topological polar surface area (TPSA) is 82.0 Å². The number of ketones is 1. The van der Waals surface area contributed by atoms with Gasteiger partial charge in [-0.25, -0.2) is 4.39 Å². The highest BCUT2D eigenvalue weighted by atomic mass is 19.1. The molecule has 3 N–H and O–H groups in total. The van der Waals surface area contributed by atoms with Crippen LogP contribution in [0.2, 0.25) is 0 Å². The molecule has 0 amide bonds. The van der Waals surface area contributed by atoms with Crippen molar-refractivity contribution in [3.8, 4) is 22.6 Å². The highest BCUT2D eigenvalue weighted by molar-refractivity contribution is 6.15. The number of likely N-dealkylation sites (N-methyl/N-ethyl adjacent to an activating group) is 1. The van der Waals surface area contributed by atoms with Gasteiger partial charge in [-0.3, -0.25) is 4.79 Å². The Morgan fingerprint density at radius 1 is 1.18 bits per heavy atom. The van der Waals surface area contributed by atoms with E-state index in [9.17, 15) is 19.4 Å². The summed E-state index contributed by atoms with van der Waals surface area (Å²) in [4.78, 5) is 16.1. The second kappa shape index (κ2) is 12.5. The van der Waals surface area contributed by atoms with E-state index in [0.717, 1.165) is 25.9 Å². The zero-order chi connectivity index (χ0) is 27.2. The molecule has 0 aliphatic carbocycles. The average Bonchev–Trinajstić information content (AvgIpc) is 2.90. The van der Waals surface area contributed by atoms with Crippen LogP contribution in [0.3, 0.4) is 0 Å². The molecule has 1 atom stereocenters. The number of carbonyl (C=O) groups excluding carboxylic acids is 1. The van der Waals surface area contributed by atoms with Crippen molar-refractivity contribution in [3.05, 3.63) is 82.2 Å². The number of nitrogens with one attached hydrogen (secondary N) is 1. The quantitative estimate of drug-likeness (QED) is 0.263. The van der Waals surface area contributed by atoms with E-state index in [-0.39, 0.29) is 34.3 Å². The van der Waals surface area contributed by atoms with Gasteiger partial charge in [0.05, 0.1) is 13.2 Å². The number of halogens is 1. The third kappa shape index (κ3) is 6.23. The van der Waals surface area contributed by atoms with E-state index in [1.807, 2.05) is 19.0 Å². The van der Waals surface area contributed by atoms with Crippen molar-refractivity contribution in [3.63, 3.8) is 0 Å². The Morgan fingerprint density at radius 3 is 2.68 bits per heavy atom. The summed E-state index contributed by atoms with van der Waals surface area (Å²) in [6, 6.07) is 14.2. The van der Waals surface area contributed by atoms with Crippen molar-refractivity contribution in [2.75, 3.05) is 46.9 Å². The maximum atomic E-state index is 14.8. The summed E-state index contributed by atoms with van der Waals surface area (Å²) in [5.41, 5.74) is 2.88. The largest absolute Gasteiger partial charge is 0.508 e. The number of piperidine rings is 1. The van der Waals surface area contributed by atoms with Gasteiger partial charge >= 0.3 is 0 Å². The van der Waals surface area contributed by atoms with Gasteiger partial charge in [0.1, 0.15) is 17.3 Å². The van der Waals surface area contributed by atoms with Gasteiger partial charge in [-0.05, 0) is 87.8 Å². The van der Waals surface area contributed by atoms with Crippen molar-refractivity contribution < 1.29 is 24.1 Å². The summed E-state index contributed by atoms with van der Waals surface area (Å²) in [5, 5.41) is 25.2. The lowest BCUT2D eigenvalue weighted by molar-refractivity contribution is 0.103. The standard InChI is InChI=1S/C31H36FN2O4/c1-20-25(10-5-11-27(20)32)29-28(30(36)22-7-4-9-24(35)17-22)21(12-15-38-16-14-34(2)3)18-26(31(29)37)23-8-6-13-33-19-23/h4-5,7,9-11,17,23,33,35,37H,6,8,12-16,19H2,1-3H3/t23-/m0/s1. The van der Waals surface area contributed by atoms with E-state index in [4.69, 9.17) is 4.74 Å². The number of nitrogens with zero attached hydrogens (tertiary/aromatic N) is 1. The predicted octanol–water partition coefficient (Wildman–Crippen LogP) is 4.83. The molecule has 7 heteroatoms. The number of phenolic OH excluding ortho intramolecular Hbond substituents is 2. The monoisotopic (exact) mass is 519 g/mol. The molecule has 6 nitrogen and oxygen atoms in total. The molecule has 0 bridgehead atoms. The van der Waals surface area contributed by atoms with Crippen molar-refractivity contribution in [2.24, 2.45) is 0 Å². The average molecular weight is 520 g/mol. The molecule has 3 aromatic rings. The minimum Gasteiger partial charge on any atom is -0.508 e. The molecule has 1 saturated heterocycles. The summed E-state index contributed by atoms with van der Waals surface area (Å²) in [5.74, 6) is -0.864. The van der Waals surface area contributed by atoms with Crippen LogP contribution in [0.5, 0.6) is 11.5 Å². The van der Waals surface area contributed by atoms with Crippen LogP contribution in [-0.4, -0.2) is 67.8 Å². The third-order valence-corrected chi connectivity index (χ3v) is 7.09. The molecule has 3 aromatic carbocycles. The predicted molar refractivity (Wildman–Crippen MR) is 147 cm³/mol. The Hall–Kier alpha value is -3.26. The molecule has 201 valence electrons. The lowest BCUT2D eigenvalue weighted by Crippen LogP contribution is -2.28.